The molecule has 1 aliphatic carbocycles. The molecule has 4 rings (SSSR count). The van der Waals surface area contributed by atoms with Crippen LogP contribution in [0, 0.1) is 0 Å². The number of alkyl halides is 3. The summed E-state index contributed by atoms with van der Waals surface area (Å²) in [5.74, 6) is 1.12. The molecule has 1 saturated carbocycles. The number of aryl methyl sites for hydroxylation is 1. The van der Waals surface area contributed by atoms with Gasteiger partial charge in [-0.05, 0) is 55.2 Å². The van der Waals surface area contributed by atoms with E-state index < -0.39 is 11.9 Å². The van der Waals surface area contributed by atoms with Gasteiger partial charge in [-0.1, -0.05) is 35.9 Å². The summed E-state index contributed by atoms with van der Waals surface area (Å²) in [4.78, 5) is 12.3. The summed E-state index contributed by atoms with van der Waals surface area (Å²) in [6, 6.07) is 14.9. The molecule has 1 heterocycles. The smallest absolute Gasteiger partial charge is 0.436 e. The predicted octanol–water partition coefficient (Wildman–Crippen LogP) is 6.24. The molecule has 3 aromatic rings. The van der Waals surface area contributed by atoms with Crippen LogP contribution < -0.4 is 14.8 Å². The highest BCUT2D eigenvalue weighted by Crippen LogP contribution is 2.46. The summed E-state index contributed by atoms with van der Waals surface area (Å²) in [5.41, 5.74) is 1.02. The van der Waals surface area contributed by atoms with Gasteiger partial charge in [0.2, 0.25) is 5.91 Å². The number of carbonyl (C=O) groups excluding carboxylic acids is 1. The molecule has 1 amide bonds. The van der Waals surface area contributed by atoms with Crippen LogP contribution in [0.15, 0.2) is 54.6 Å². The number of methoxy groups -OCH3 is 1. The van der Waals surface area contributed by atoms with Gasteiger partial charge in [0.15, 0.2) is 5.69 Å². The zero-order valence-electron chi connectivity index (χ0n) is 20.2. The van der Waals surface area contributed by atoms with Crippen LogP contribution >= 0.6 is 11.6 Å². The average molecular weight is 534 g/mol. The Balaban J connectivity index is 1.30. The zero-order valence-corrected chi connectivity index (χ0v) is 21.0. The third-order valence-corrected chi connectivity index (χ3v) is 6.25. The Bertz CT molecular complexity index is 1260. The van der Waals surface area contributed by atoms with Crippen LogP contribution in [-0.4, -0.2) is 29.3 Å². The number of para-hydroxylation sites is 1. The highest BCUT2D eigenvalue weighted by atomic mass is 35.5. The molecule has 0 radical (unpaired) electrons. The third kappa shape index (κ3) is 7.07. The first kappa shape index (κ1) is 26.6. The van der Waals surface area contributed by atoms with Crippen LogP contribution in [0.4, 0.5) is 13.2 Å². The van der Waals surface area contributed by atoms with Gasteiger partial charge in [0.25, 0.3) is 0 Å². The molecular formula is C27H27ClF3N3O3. The number of benzene rings is 2. The highest BCUT2D eigenvalue weighted by molar-refractivity contribution is 6.32. The monoisotopic (exact) mass is 533 g/mol. The van der Waals surface area contributed by atoms with Crippen molar-refractivity contribution >= 4 is 23.6 Å². The van der Waals surface area contributed by atoms with Gasteiger partial charge in [-0.2, -0.15) is 18.3 Å². The average Bonchev–Trinajstić information content (AvgIpc) is 3.66. The van der Waals surface area contributed by atoms with Crippen LogP contribution in [0.1, 0.15) is 47.7 Å². The second-order valence-corrected chi connectivity index (χ2v) is 9.07. The van der Waals surface area contributed by atoms with Crippen molar-refractivity contribution in [3.05, 3.63) is 82.1 Å². The number of carbonyl (C=O) groups is 1. The lowest BCUT2D eigenvalue weighted by atomic mass is 10.1. The number of ether oxygens (including phenoxy) is 2. The fraction of sp³-hybridized carbons (Fsp3) is 0.333. The van der Waals surface area contributed by atoms with Gasteiger partial charge in [-0.25, -0.2) is 0 Å². The molecule has 1 aromatic heterocycles. The number of nitrogens with zero attached hydrogens (tertiary/aromatic N) is 2. The van der Waals surface area contributed by atoms with Crippen molar-refractivity contribution in [2.45, 2.75) is 44.5 Å². The van der Waals surface area contributed by atoms with Crippen molar-refractivity contribution in [1.29, 1.82) is 0 Å². The molecule has 37 heavy (non-hydrogen) atoms. The second-order valence-electron chi connectivity index (χ2n) is 8.69. The van der Waals surface area contributed by atoms with Crippen LogP contribution in [0.3, 0.4) is 0 Å². The second kappa shape index (κ2) is 11.7. The number of hydrogen-bond acceptors (Lipinski definition) is 4. The molecule has 10 heteroatoms. The van der Waals surface area contributed by atoms with Crippen molar-refractivity contribution in [3.63, 3.8) is 0 Å². The first-order valence-corrected chi connectivity index (χ1v) is 12.3. The molecule has 0 spiro atoms. The van der Waals surface area contributed by atoms with Gasteiger partial charge in [-0.3, -0.25) is 9.48 Å². The minimum absolute atomic E-state index is 0.0149. The van der Waals surface area contributed by atoms with Crippen LogP contribution in [0.5, 0.6) is 11.5 Å². The van der Waals surface area contributed by atoms with E-state index >= 15 is 0 Å². The fourth-order valence-electron chi connectivity index (χ4n) is 3.92. The van der Waals surface area contributed by atoms with Crippen LogP contribution in [-0.2, 0) is 24.1 Å². The molecule has 2 aromatic carbocycles. The molecule has 0 aliphatic heterocycles. The third-order valence-electron chi connectivity index (χ3n) is 5.88. The number of aromatic nitrogens is 2. The largest absolute Gasteiger partial charge is 0.496 e. The minimum Gasteiger partial charge on any atom is -0.496 e. The Labute approximate surface area is 218 Å². The number of amides is 1. The van der Waals surface area contributed by atoms with Gasteiger partial charge in [0.05, 0.1) is 17.8 Å². The number of rotatable bonds is 11. The van der Waals surface area contributed by atoms with Crippen molar-refractivity contribution in [2.24, 2.45) is 0 Å². The summed E-state index contributed by atoms with van der Waals surface area (Å²) >= 11 is 5.99. The summed E-state index contributed by atoms with van der Waals surface area (Å²) in [7, 11) is 1.58. The topological polar surface area (TPSA) is 65.4 Å². The summed E-state index contributed by atoms with van der Waals surface area (Å²) in [5, 5.41) is 6.15. The number of halogens is 4. The van der Waals surface area contributed by atoms with Gasteiger partial charge >= 0.3 is 6.18 Å². The Morgan fingerprint density at radius 2 is 1.97 bits per heavy atom. The van der Waals surface area contributed by atoms with Crippen LogP contribution in [0.2, 0.25) is 5.02 Å². The van der Waals surface area contributed by atoms with E-state index in [9.17, 15) is 18.0 Å². The van der Waals surface area contributed by atoms with E-state index in [1.807, 2.05) is 48.5 Å². The molecule has 0 bridgehead atoms. The lowest BCUT2D eigenvalue weighted by molar-refractivity contribution is -0.141. The van der Waals surface area contributed by atoms with Gasteiger partial charge in [-0.15, -0.1) is 0 Å². The van der Waals surface area contributed by atoms with Crippen molar-refractivity contribution < 1.29 is 27.4 Å². The van der Waals surface area contributed by atoms with E-state index in [1.54, 1.807) is 13.2 Å². The molecule has 1 aliphatic rings. The van der Waals surface area contributed by atoms with E-state index in [0.717, 1.165) is 29.7 Å². The SMILES string of the molecule is COc1ccc(/C=C/C(=O)NCCCn2nc(C(F)(F)F)c(Cl)c2C2CC2)cc1COc1ccccc1. The summed E-state index contributed by atoms with van der Waals surface area (Å²) in [6.45, 7) is 0.817. The maximum atomic E-state index is 13.2. The van der Waals surface area contributed by atoms with Crippen LogP contribution in [0.25, 0.3) is 6.08 Å². The lowest BCUT2D eigenvalue weighted by Crippen LogP contribution is -2.23. The standard InChI is InChI=1S/C27H27ClF3N3O3/c1-36-22-12-8-18(16-20(22)17-37-21-6-3-2-4-7-21)9-13-23(35)32-14-5-15-34-25(19-10-11-19)24(28)26(33-34)27(29,30)31/h2-4,6-9,12-13,16,19H,5,10-11,14-15,17H2,1H3,(H,32,35)/b13-9+. The summed E-state index contributed by atoms with van der Waals surface area (Å²) < 4.78 is 52.1. The lowest BCUT2D eigenvalue weighted by Gasteiger charge is -2.11. The molecule has 0 unspecified atom stereocenters. The van der Waals surface area contributed by atoms with E-state index in [-0.39, 0.29) is 29.9 Å². The van der Waals surface area contributed by atoms with E-state index in [2.05, 4.69) is 10.4 Å². The van der Waals surface area contributed by atoms with Gasteiger partial charge in [0.1, 0.15) is 18.1 Å². The molecule has 0 saturated heterocycles. The number of hydrogen-bond donors (Lipinski definition) is 1. The van der Waals surface area contributed by atoms with Crippen molar-refractivity contribution in [3.8, 4) is 11.5 Å². The van der Waals surface area contributed by atoms with Gasteiger partial charge < -0.3 is 14.8 Å². The fourth-order valence-corrected chi connectivity index (χ4v) is 4.31. The van der Waals surface area contributed by atoms with E-state index in [4.69, 9.17) is 21.1 Å². The zero-order chi connectivity index (χ0) is 26.4. The van der Waals surface area contributed by atoms with E-state index in [1.165, 1.54) is 10.8 Å². The molecule has 6 nitrogen and oxygen atoms in total. The molecule has 1 N–H and O–H groups in total. The maximum absolute atomic E-state index is 13.2. The highest BCUT2D eigenvalue weighted by Gasteiger charge is 2.41. The first-order valence-electron chi connectivity index (χ1n) is 11.9. The Kier molecular flexibility index (Phi) is 8.43. The Hall–Kier alpha value is -3.46. The quantitative estimate of drug-likeness (QED) is 0.234. The molecular weight excluding hydrogens is 507 g/mol. The Morgan fingerprint density at radius 3 is 2.65 bits per heavy atom. The molecule has 196 valence electrons. The Morgan fingerprint density at radius 1 is 1.22 bits per heavy atom. The predicted molar refractivity (Wildman–Crippen MR) is 135 cm³/mol. The normalized spacial score (nSPS) is 13.6. The van der Waals surface area contributed by atoms with E-state index in [0.29, 0.717) is 24.5 Å². The maximum Gasteiger partial charge on any atom is 0.436 e. The minimum atomic E-state index is -4.60. The van der Waals surface area contributed by atoms with Crippen molar-refractivity contribution in [1.82, 2.24) is 15.1 Å². The molecule has 0 atom stereocenters. The number of nitrogens with one attached hydrogen (secondary N) is 1. The summed E-state index contributed by atoms with van der Waals surface area (Å²) in [6.07, 6.45) is 0.504. The molecule has 1 fully saturated rings. The van der Waals surface area contributed by atoms with Crippen molar-refractivity contribution in [2.75, 3.05) is 13.7 Å². The first-order chi connectivity index (χ1) is 17.8. The van der Waals surface area contributed by atoms with Gasteiger partial charge in [0, 0.05) is 30.6 Å².